The number of rotatable bonds is 7. The minimum Gasteiger partial charge on any atom is -0.273 e. The number of fused-ring (bicyclic) bond motifs is 1. The van der Waals surface area contributed by atoms with Crippen LogP contribution in [0, 0.1) is 24.0 Å². The first-order chi connectivity index (χ1) is 17.0. The van der Waals surface area contributed by atoms with E-state index in [1.54, 1.807) is 12.1 Å². The van der Waals surface area contributed by atoms with Gasteiger partial charge in [0.15, 0.2) is 5.16 Å². The van der Waals surface area contributed by atoms with Crippen molar-refractivity contribution in [2.75, 3.05) is 0 Å². The second-order valence-electron chi connectivity index (χ2n) is 8.55. The highest BCUT2D eigenvalue weighted by molar-refractivity contribution is 7.98. The van der Waals surface area contributed by atoms with Crippen LogP contribution < -0.4 is 0 Å². The molecule has 1 heterocycles. The van der Waals surface area contributed by atoms with Gasteiger partial charge >= 0.3 is 0 Å². The molecule has 0 atom stereocenters. The normalized spacial score (nSPS) is 11.1. The molecule has 0 aliphatic rings. The van der Waals surface area contributed by atoms with Crippen LogP contribution in [0.15, 0.2) is 90.1 Å². The van der Waals surface area contributed by atoms with E-state index in [-0.39, 0.29) is 10.6 Å². The van der Waals surface area contributed by atoms with Crippen LogP contribution in [0.1, 0.15) is 28.1 Å². The van der Waals surface area contributed by atoms with E-state index in [1.165, 1.54) is 39.7 Å². The zero-order valence-corrected chi connectivity index (χ0v) is 20.3. The highest BCUT2D eigenvalue weighted by Crippen LogP contribution is 2.30. The first-order valence-electron chi connectivity index (χ1n) is 11.3. The van der Waals surface area contributed by atoms with Gasteiger partial charge in [-0.1, -0.05) is 84.1 Å². The van der Waals surface area contributed by atoms with Crippen LogP contribution in [0.2, 0.25) is 0 Å². The molecule has 0 bridgehead atoms. The monoisotopic (exact) mass is 480 g/mol. The molecule has 0 unspecified atom stereocenters. The van der Waals surface area contributed by atoms with Crippen molar-refractivity contribution in [3.63, 3.8) is 0 Å². The van der Waals surface area contributed by atoms with Crippen molar-refractivity contribution < 1.29 is 4.92 Å². The molecule has 4 aromatic carbocycles. The van der Waals surface area contributed by atoms with Gasteiger partial charge < -0.3 is 0 Å². The largest absolute Gasteiger partial charge is 0.273 e. The van der Waals surface area contributed by atoms with Crippen molar-refractivity contribution in [3.05, 3.63) is 123 Å². The van der Waals surface area contributed by atoms with Crippen LogP contribution in [-0.2, 0) is 12.2 Å². The number of aryl methyl sites for hydroxylation is 2. The summed E-state index contributed by atoms with van der Waals surface area (Å²) < 4.78 is 2.12. The number of nitro benzene ring substituents is 1. The molecular formula is C28H24N4O2S. The van der Waals surface area contributed by atoms with Crippen molar-refractivity contribution in [1.82, 2.24) is 14.8 Å². The Hall–Kier alpha value is -3.97. The minimum absolute atomic E-state index is 0.0931. The Labute approximate surface area is 207 Å². The minimum atomic E-state index is -0.366. The van der Waals surface area contributed by atoms with Crippen LogP contribution in [-0.4, -0.2) is 19.7 Å². The SMILES string of the molecule is Cc1ccc(-n2c(Cc3cccc4ccccc34)nnc2SCc2cccc([N+](=O)[O-])c2)c(C)c1. The molecule has 0 N–H and O–H groups in total. The van der Waals surface area contributed by atoms with Gasteiger partial charge in [0.05, 0.1) is 10.6 Å². The van der Waals surface area contributed by atoms with Gasteiger partial charge in [-0.25, -0.2) is 0 Å². The van der Waals surface area contributed by atoms with E-state index in [2.05, 4.69) is 83.2 Å². The Kier molecular flexibility index (Phi) is 6.33. The van der Waals surface area contributed by atoms with E-state index < -0.39 is 0 Å². The van der Waals surface area contributed by atoms with Crippen molar-refractivity contribution in [3.8, 4) is 5.69 Å². The molecule has 35 heavy (non-hydrogen) atoms. The maximum absolute atomic E-state index is 11.2. The van der Waals surface area contributed by atoms with Crippen molar-refractivity contribution in [2.24, 2.45) is 0 Å². The quantitative estimate of drug-likeness (QED) is 0.145. The Bertz CT molecular complexity index is 1540. The molecular weight excluding hydrogens is 456 g/mol. The molecule has 0 amide bonds. The van der Waals surface area contributed by atoms with E-state index in [4.69, 9.17) is 0 Å². The maximum Gasteiger partial charge on any atom is 0.269 e. The second-order valence-corrected chi connectivity index (χ2v) is 9.50. The molecule has 0 aliphatic carbocycles. The summed E-state index contributed by atoms with van der Waals surface area (Å²) in [5.74, 6) is 1.41. The van der Waals surface area contributed by atoms with E-state index in [0.29, 0.717) is 12.2 Å². The second kappa shape index (κ2) is 9.72. The zero-order chi connectivity index (χ0) is 24.4. The number of aromatic nitrogens is 3. The summed E-state index contributed by atoms with van der Waals surface area (Å²) >= 11 is 1.53. The lowest BCUT2D eigenvalue weighted by Crippen LogP contribution is -2.06. The average molecular weight is 481 g/mol. The summed E-state index contributed by atoms with van der Waals surface area (Å²) in [6, 6.07) is 27.8. The third kappa shape index (κ3) is 4.81. The average Bonchev–Trinajstić information content (AvgIpc) is 3.25. The molecule has 0 saturated carbocycles. The standard InChI is InChI=1S/C28H24N4O2S/c1-19-13-14-26(20(2)15-19)31-27(17-23-10-6-9-22-8-3-4-12-25(22)23)29-30-28(31)35-18-21-7-5-11-24(16-21)32(33)34/h3-16H,17-18H2,1-2H3. The van der Waals surface area contributed by atoms with Gasteiger partial charge in [-0.2, -0.15) is 0 Å². The lowest BCUT2D eigenvalue weighted by molar-refractivity contribution is -0.384. The third-order valence-electron chi connectivity index (χ3n) is 6.01. The van der Waals surface area contributed by atoms with E-state index in [9.17, 15) is 10.1 Å². The summed E-state index contributed by atoms with van der Waals surface area (Å²) in [7, 11) is 0. The lowest BCUT2D eigenvalue weighted by Gasteiger charge is -2.14. The van der Waals surface area contributed by atoms with Crippen LogP contribution in [0.25, 0.3) is 16.5 Å². The van der Waals surface area contributed by atoms with E-state index in [0.717, 1.165) is 27.8 Å². The van der Waals surface area contributed by atoms with Gasteiger partial charge in [-0.05, 0) is 47.4 Å². The van der Waals surface area contributed by atoms with Crippen molar-refractivity contribution in [2.45, 2.75) is 31.2 Å². The molecule has 5 aromatic rings. The smallest absolute Gasteiger partial charge is 0.269 e. The maximum atomic E-state index is 11.2. The van der Waals surface area contributed by atoms with E-state index >= 15 is 0 Å². The zero-order valence-electron chi connectivity index (χ0n) is 19.5. The highest BCUT2D eigenvalue weighted by Gasteiger charge is 2.18. The van der Waals surface area contributed by atoms with Crippen LogP contribution in [0.5, 0.6) is 0 Å². The lowest BCUT2D eigenvalue weighted by atomic mass is 10.0. The molecule has 0 radical (unpaired) electrons. The Balaban J connectivity index is 1.54. The highest BCUT2D eigenvalue weighted by atomic mass is 32.2. The fourth-order valence-corrected chi connectivity index (χ4v) is 5.24. The van der Waals surface area contributed by atoms with Gasteiger partial charge in [-0.15, -0.1) is 10.2 Å². The van der Waals surface area contributed by atoms with Gasteiger partial charge in [0.2, 0.25) is 0 Å². The fraction of sp³-hybridized carbons (Fsp3) is 0.143. The fourth-order valence-electron chi connectivity index (χ4n) is 4.33. The first kappa shape index (κ1) is 22.8. The molecule has 0 spiro atoms. The molecule has 7 heteroatoms. The van der Waals surface area contributed by atoms with Gasteiger partial charge in [0.25, 0.3) is 5.69 Å². The van der Waals surface area contributed by atoms with Gasteiger partial charge in [0.1, 0.15) is 5.82 Å². The Morgan fingerprint density at radius 3 is 2.54 bits per heavy atom. The van der Waals surface area contributed by atoms with Crippen LogP contribution in [0.4, 0.5) is 5.69 Å². The van der Waals surface area contributed by atoms with Crippen LogP contribution >= 0.6 is 11.8 Å². The first-order valence-corrected chi connectivity index (χ1v) is 12.3. The molecule has 5 rings (SSSR count). The van der Waals surface area contributed by atoms with Crippen molar-refractivity contribution >= 4 is 28.2 Å². The molecule has 0 fully saturated rings. The predicted molar refractivity (Wildman–Crippen MR) is 140 cm³/mol. The third-order valence-corrected chi connectivity index (χ3v) is 7.01. The molecule has 0 saturated heterocycles. The number of thioether (sulfide) groups is 1. The summed E-state index contributed by atoms with van der Waals surface area (Å²) in [6.07, 6.45) is 0.638. The number of hydrogen-bond donors (Lipinski definition) is 0. The Morgan fingerprint density at radius 1 is 0.914 bits per heavy atom. The number of hydrogen-bond acceptors (Lipinski definition) is 5. The van der Waals surface area contributed by atoms with Gasteiger partial charge in [-0.3, -0.25) is 14.7 Å². The molecule has 0 aliphatic heterocycles. The molecule has 1 aromatic heterocycles. The van der Waals surface area contributed by atoms with Crippen molar-refractivity contribution in [1.29, 1.82) is 0 Å². The Morgan fingerprint density at radius 2 is 1.71 bits per heavy atom. The number of non-ortho nitro benzene ring substituents is 1. The number of nitro groups is 1. The van der Waals surface area contributed by atoms with E-state index in [1.807, 2.05) is 12.1 Å². The predicted octanol–water partition coefficient (Wildman–Crippen LogP) is 6.83. The molecule has 6 nitrogen and oxygen atoms in total. The number of benzene rings is 4. The summed E-state index contributed by atoms with van der Waals surface area (Å²) in [4.78, 5) is 10.8. The van der Waals surface area contributed by atoms with Gasteiger partial charge in [0, 0.05) is 24.3 Å². The topological polar surface area (TPSA) is 73.8 Å². The summed E-state index contributed by atoms with van der Waals surface area (Å²) in [5, 5.41) is 23.5. The molecule has 174 valence electrons. The summed E-state index contributed by atoms with van der Waals surface area (Å²) in [6.45, 7) is 4.18. The number of nitrogens with zero attached hydrogens (tertiary/aromatic N) is 4. The van der Waals surface area contributed by atoms with Crippen LogP contribution in [0.3, 0.4) is 0 Å². The summed E-state index contributed by atoms with van der Waals surface area (Å²) in [5.41, 5.74) is 5.53.